The highest BCUT2D eigenvalue weighted by Crippen LogP contribution is 2.13. The first-order chi connectivity index (χ1) is 23.4. The molecule has 7 nitrogen and oxygen atoms in total. The molecule has 270 valence electrons. The molecule has 0 aliphatic carbocycles. The minimum absolute atomic E-state index is 0.236. The fourth-order valence-electron chi connectivity index (χ4n) is 4.71. The number of carbonyl (C=O) groups is 3. The van der Waals surface area contributed by atoms with E-state index in [0.717, 1.165) is 70.6 Å². The molecule has 1 amide bonds. The van der Waals surface area contributed by atoms with Crippen molar-refractivity contribution in [2.75, 3.05) is 6.54 Å². The number of carbonyl (C=O) groups excluding carboxylic acids is 2. The van der Waals surface area contributed by atoms with Crippen LogP contribution in [0, 0.1) is 0 Å². The largest absolute Gasteiger partial charge is 0.480 e. The van der Waals surface area contributed by atoms with Crippen LogP contribution >= 0.6 is 0 Å². The molecule has 0 heterocycles. The number of nitrogens with two attached hydrogens (primary N) is 1. The summed E-state index contributed by atoms with van der Waals surface area (Å²) < 4.78 is 5.81. The molecule has 7 heteroatoms. The zero-order valence-electron chi connectivity index (χ0n) is 30.0. The molecule has 48 heavy (non-hydrogen) atoms. The number of hydrogen-bond acceptors (Lipinski definition) is 5. The highest BCUT2D eigenvalue weighted by molar-refractivity contribution is 5.83. The molecule has 0 rings (SSSR count). The van der Waals surface area contributed by atoms with E-state index >= 15 is 0 Å². The van der Waals surface area contributed by atoms with E-state index < -0.39 is 12.0 Å². The third-order valence-electron chi connectivity index (χ3n) is 7.46. The maximum absolute atomic E-state index is 12.6. The maximum Gasteiger partial charge on any atom is 0.326 e. The van der Waals surface area contributed by atoms with Gasteiger partial charge in [0.1, 0.15) is 12.1 Å². The fraction of sp³-hybridized carbons (Fsp3) is 0.585. The summed E-state index contributed by atoms with van der Waals surface area (Å²) in [6, 6.07) is -0.885. The minimum atomic E-state index is -1.03. The van der Waals surface area contributed by atoms with Crippen LogP contribution in [0.15, 0.2) is 85.1 Å². The summed E-state index contributed by atoms with van der Waals surface area (Å²) in [6.07, 6.45) is 45.1. The molecule has 0 fully saturated rings. The summed E-state index contributed by atoms with van der Waals surface area (Å²) in [4.78, 5) is 36.1. The van der Waals surface area contributed by atoms with Crippen LogP contribution in [0.1, 0.15) is 136 Å². The Balaban J connectivity index is 4.56. The summed E-state index contributed by atoms with van der Waals surface area (Å²) in [6.45, 7) is 4.74. The van der Waals surface area contributed by atoms with Gasteiger partial charge in [0.2, 0.25) is 5.91 Å². The number of aliphatic carboxylic acids is 1. The molecule has 0 aromatic rings. The first-order valence-corrected chi connectivity index (χ1v) is 18.4. The number of nitrogens with one attached hydrogen (secondary N) is 1. The Bertz CT molecular complexity index is 1020. The van der Waals surface area contributed by atoms with E-state index in [1.165, 1.54) is 19.3 Å². The molecular formula is C41H66N2O5. The summed E-state index contributed by atoms with van der Waals surface area (Å²) in [5.74, 6) is -1.51. The Hall–Kier alpha value is -3.45. The molecular weight excluding hydrogens is 600 g/mol. The van der Waals surface area contributed by atoms with Crippen LogP contribution in [-0.4, -0.2) is 41.6 Å². The monoisotopic (exact) mass is 666 g/mol. The van der Waals surface area contributed by atoms with Gasteiger partial charge >= 0.3 is 11.9 Å². The third kappa shape index (κ3) is 31.2. The molecule has 0 radical (unpaired) electrons. The smallest absolute Gasteiger partial charge is 0.326 e. The van der Waals surface area contributed by atoms with Gasteiger partial charge in [-0.25, -0.2) is 4.79 Å². The Morgan fingerprint density at radius 2 is 1.25 bits per heavy atom. The van der Waals surface area contributed by atoms with Crippen LogP contribution < -0.4 is 11.1 Å². The fourth-order valence-corrected chi connectivity index (χ4v) is 4.71. The predicted octanol–water partition coefficient (Wildman–Crippen LogP) is 9.77. The van der Waals surface area contributed by atoms with Crippen molar-refractivity contribution in [2.45, 2.75) is 148 Å². The average molecular weight is 667 g/mol. The van der Waals surface area contributed by atoms with Crippen LogP contribution in [0.25, 0.3) is 0 Å². The first kappa shape index (κ1) is 44.5. The van der Waals surface area contributed by atoms with Crippen molar-refractivity contribution in [1.82, 2.24) is 5.32 Å². The van der Waals surface area contributed by atoms with Gasteiger partial charge in [0, 0.05) is 6.42 Å². The summed E-state index contributed by atoms with van der Waals surface area (Å²) in [5.41, 5.74) is 5.46. The van der Waals surface area contributed by atoms with Crippen molar-refractivity contribution in [3.8, 4) is 0 Å². The van der Waals surface area contributed by atoms with Crippen LogP contribution in [0.5, 0.6) is 0 Å². The number of carboxylic acid groups (broad SMARTS) is 1. The number of unbranched alkanes of at least 4 members (excludes halogenated alkanes) is 6. The normalized spacial score (nSPS) is 13.7. The highest BCUT2D eigenvalue weighted by Gasteiger charge is 2.18. The van der Waals surface area contributed by atoms with Gasteiger partial charge in [-0.3, -0.25) is 9.59 Å². The van der Waals surface area contributed by atoms with Crippen LogP contribution in [0.2, 0.25) is 0 Å². The van der Waals surface area contributed by atoms with Gasteiger partial charge in [0.25, 0.3) is 0 Å². The van der Waals surface area contributed by atoms with E-state index in [9.17, 15) is 19.5 Å². The minimum Gasteiger partial charge on any atom is -0.480 e. The van der Waals surface area contributed by atoms with Gasteiger partial charge in [-0.2, -0.15) is 0 Å². The molecule has 0 saturated heterocycles. The summed E-state index contributed by atoms with van der Waals surface area (Å²) in [5, 5.41) is 11.9. The van der Waals surface area contributed by atoms with E-state index in [-0.39, 0.29) is 24.4 Å². The molecule has 0 aliphatic rings. The first-order valence-electron chi connectivity index (χ1n) is 18.4. The number of hydrogen-bond donors (Lipinski definition) is 3. The number of rotatable bonds is 31. The lowest BCUT2D eigenvalue weighted by molar-refractivity contribution is -0.146. The topological polar surface area (TPSA) is 119 Å². The molecule has 0 aromatic heterocycles. The Kier molecular flexibility index (Phi) is 32.4. The number of amides is 1. The number of allylic oxidation sites excluding steroid dienone is 12. The summed E-state index contributed by atoms with van der Waals surface area (Å²) in [7, 11) is 0. The quantitative estimate of drug-likeness (QED) is 0.0385. The van der Waals surface area contributed by atoms with Gasteiger partial charge in [-0.1, -0.05) is 119 Å². The zero-order chi connectivity index (χ0) is 35.3. The average Bonchev–Trinajstić information content (AvgIpc) is 3.07. The summed E-state index contributed by atoms with van der Waals surface area (Å²) >= 11 is 0. The van der Waals surface area contributed by atoms with E-state index in [4.69, 9.17) is 10.5 Å². The van der Waals surface area contributed by atoms with Crippen molar-refractivity contribution in [3.05, 3.63) is 85.1 Å². The van der Waals surface area contributed by atoms with Gasteiger partial charge in [0.15, 0.2) is 0 Å². The van der Waals surface area contributed by atoms with Crippen molar-refractivity contribution in [2.24, 2.45) is 5.73 Å². The lowest BCUT2D eigenvalue weighted by atomic mass is 10.1. The number of esters is 1. The predicted molar refractivity (Wildman–Crippen MR) is 202 cm³/mol. The van der Waals surface area contributed by atoms with E-state index in [1.54, 1.807) is 0 Å². The second-order valence-electron chi connectivity index (χ2n) is 11.9. The molecule has 0 bridgehead atoms. The maximum atomic E-state index is 12.6. The van der Waals surface area contributed by atoms with E-state index in [1.807, 2.05) is 18.2 Å². The molecule has 0 aromatic carbocycles. The van der Waals surface area contributed by atoms with Gasteiger partial charge < -0.3 is 20.9 Å². The zero-order valence-corrected chi connectivity index (χ0v) is 30.0. The van der Waals surface area contributed by atoms with Crippen LogP contribution in [0.3, 0.4) is 0 Å². The van der Waals surface area contributed by atoms with Crippen molar-refractivity contribution in [1.29, 1.82) is 0 Å². The van der Waals surface area contributed by atoms with Crippen molar-refractivity contribution < 1.29 is 24.2 Å². The van der Waals surface area contributed by atoms with Crippen molar-refractivity contribution in [3.63, 3.8) is 0 Å². The van der Waals surface area contributed by atoms with Gasteiger partial charge in [-0.05, 0) is 96.1 Å². The molecule has 0 saturated carbocycles. The Morgan fingerprint density at radius 1 is 0.667 bits per heavy atom. The Labute approximate surface area is 292 Å². The van der Waals surface area contributed by atoms with Gasteiger partial charge in [-0.15, -0.1) is 0 Å². The standard InChI is InChI=1S/C41H66N2O5/c1-3-5-7-9-11-13-14-15-16-17-18-19-21-23-29-35-40(45)48-37(31-26-22-20-12-10-8-6-4-2)32-27-24-25-28-34-39(44)43-38(41(46)47)33-30-36-42/h5,7,11-13,15-16,18-20,23,26,29,31,37-38H,3-4,6,8-10,14,17,21-22,24-25,27-28,30,32-36,42H2,1-2H3,(H,43,44)(H,46,47)/b7-5-,13-11-,16-15-,19-18-,20-12-,29-23-,31-26-. The second-order valence-corrected chi connectivity index (χ2v) is 11.9. The highest BCUT2D eigenvalue weighted by atomic mass is 16.5. The molecule has 4 N–H and O–H groups in total. The SMILES string of the molecule is CC/C=C\C/C=C\C/C=C\C/C=C\C/C=C\CC(=O)OC(/C=C\C/C=C\CCCCC)CCCCCCC(=O)NC(CCCN)C(=O)O. The number of ether oxygens (including phenoxy) is 1. The number of carboxylic acids is 1. The molecule has 2 atom stereocenters. The molecule has 0 aliphatic heterocycles. The van der Waals surface area contributed by atoms with E-state index in [2.05, 4.69) is 86.0 Å². The van der Waals surface area contributed by atoms with Gasteiger partial charge in [0.05, 0.1) is 6.42 Å². The van der Waals surface area contributed by atoms with E-state index in [0.29, 0.717) is 32.2 Å². The molecule has 2 unspecified atom stereocenters. The van der Waals surface area contributed by atoms with Crippen LogP contribution in [0.4, 0.5) is 0 Å². The van der Waals surface area contributed by atoms with Crippen LogP contribution in [-0.2, 0) is 19.1 Å². The Morgan fingerprint density at radius 3 is 1.85 bits per heavy atom. The lowest BCUT2D eigenvalue weighted by Crippen LogP contribution is -2.40. The molecule has 0 spiro atoms. The second kappa shape index (κ2) is 34.9. The van der Waals surface area contributed by atoms with Crippen molar-refractivity contribution >= 4 is 17.8 Å². The third-order valence-corrected chi connectivity index (χ3v) is 7.46. The lowest BCUT2D eigenvalue weighted by Gasteiger charge is -2.15.